The number of fused-ring (bicyclic) bond motifs is 1. The number of carbonyl (C=O) groups excluding carboxylic acids is 1. The molecule has 1 amide bonds. The lowest BCUT2D eigenvalue weighted by molar-refractivity contribution is -0.116. The van der Waals surface area contributed by atoms with Crippen LogP contribution in [0.1, 0.15) is 17.5 Å². The highest BCUT2D eigenvalue weighted by molar-refractivity contribution is 8.00. The maximum Gasteiger partial charge on any atom is 0.239 e. The largest absolute Gasteiger partial charge is 0.337 e. The summed E-state index contributed by atoms with van der Waals surface area (Å²) in [5.41, 5.74) is 3.13. The summed E-state index contributed by atoms with van der Waals surface area (Å²) in [5.74, 6) is 0.403. The molecule has 0 saturated heterocycles. The minimum atomic E-state index is 0.0454. The van der Waals surface area contributed by atoms with Crippen LogP contribution in [-0.4, -0.2) is 32.7 Å². The number of rotatable bonds is 8. The van der Waals surface area contributed by atoms with E-state index in [4.69, 9.17) is 16.6 Å². The molecule has 0 aliphatic rings. The molecule has 0 unspecified atom stereocenters. The first-order valence-electron chi connectivity index (χ1n) is 10.0. The summed E-state index contributed by atoms with van der Waals surface area (Å²) in [5, 5.41) is 1.37. The van der Waals surface area contributed by atoms with Gasteiger partial charge in [-0.05, 0) is 44.0 Å². The van der Waals surface area contributed by atoms with Gasteiger partial charge in [0.2, 0.25) is 5.91 Å². The molecule has 0 radical (unpaired) electrons. The zero-order valence-corrected chi connectivity index (χ0v) is 19.8. The van der Waals surface area contributed by atoms with Crippen molar-refractivity contribution in [3.05, 3.63) is 71.3 Å². The van der Waals surface area contributed by atoms with Crippen LogP contribution in [0.5, 0.6) is 0 Å². The zero-order chi connectivity index (χ0) is 21.8. The summed E-state index contributed by atoms with van der Waals surface area (Å²) < 4.78 is 2.94. The van der Waals surface area contributed by atoms with E-state index in [-0.39, 0.29) is 5.91 Å². The molecule has 5 nitrogen and oxygen atoms in total. The maximum atomic E-state index is 13.2. The van der Waals surface area contributed by atoms with E-state index in [2.05, 4.69) is 36.2 Å². The number of nitrogens with zero attached hydrogens (tertiary/aromatic N) is 4. The molecule has 0 N–H and O–H groups in total. The third-order valence-electron chi connectivity index (χ3n) is 4.96. The van der Waals surface area contributed by atoms with E-state index in [1.54, 1.807) is 29.2 Å². The summed E-state index contributed by atoms with van der Waals surface area (Å²) in [6, 6.07) is 12.1. The predicted octanol–water partition coefficient (Wildman–Crippen LogP) is 5.98. The van der Waals surface area contributed by atoms with Crippen LogP contribution in [0.25, 0.3) is 10.2 Å². The number of carbonyl (C=O) groups is 1. The number of thiazole rings is 1. The Morgan fingerprint density at radius 1 is 1.19 bits per heavy atom. The van der Waals surface area contributed by atoms with Crippen LogP contribution in [0.2, 0.25) is 5.02 Å². The molecule has 2 aromatic heterocycles. The number of aromatic nitrogens is 3. The molecule has 0 atom stereocenters. The van der Waals surface area contributed by atoms with Gasteiger partial charge in [0, 0.05) is 30.4 Å². The summed E-state index contributed by atoms with van der Waals surface area (Å²) in [6.45, 7) is 5.45. The summed E-state index contributed by atoms with van der Waals surface area (Å²) >= 11 is 9.43. The van der Waals surface area contributed by atoms with Crippen LogP contribution in [0.3, 0.4) is 0 Å². The van der Waals surface area contributed by atoms with Crippen molar-refractivity contribution in [2.45, 2.75) is 31.7 Å². The van der Waals surface area contributed by atoms with Crippen LogP contribution >= 0.6 is 34.7 Å². The summed E-state index contributed by atoms with van der Waals surface area (Å²) in [7, 11) is 0. The standard InChI is InChI=1S/C23H23ClN4OS2/c1-16-4-7-18(8-5-16)30-14-20(29)28(12-3-11-27-13-10-25-15-27)23-26-21-17(2)6-9-19(24)22(21)31-23/h4-10,13,15H,3,11-12,14H2,1-2H3. The van der Waals surface area contributed by atoms with Crippen LogP contribution in [0.15, 0.2) is 60.0 Å². The van der Waals surface area contributed by atoms with Crippen molar-refractivity contribution < 1.29 is 4.79 Å². The summed E-state index contributed by atoms with van der Waals surface area (Å²) in [4.78, 5) is 25.0. The Bertz CT molecular complexity index is 1130. The highest BCUT2D eigenvalue weighted by Crippen LogP contribution is 2.36. The third kappa shape index (κ3) is 5.29. The lowest BCUT2D eigenvalue weighted by Crippen LogP contribution is -2.33. The average molecular weight is 471 g/mol. The number of anilines is 1. The number of imidazole rings is 1. The second kappa shape index (κ2) is 9.85. The van der Waals surface area contributed by atoms with E-state index in [0.717, 1.165) is 33.6 Å². The highest BCUT2D eigenvalue weighted by atomic mass is 35.5. The maximum absolute atomic E-state index is 13.2. The number of hydrogen-bond acceptors (Lipinski definition) is 5. The minimum absolute atomic E-state index is 0.0454. The van der Waals surface area contributed by atoms with E-state index < -0.39 is 0 Å². The third-order valence-corrected chi connectivity index (χ3v) is 7.49. The molecule has 2 heterocycles. The molecule has 0 aliphatic carbocycles. The van der Waals surface area contributed by atoms with E-state index in [0.29, 0.717) is 22.5 Å². The molecule has 4 rings (SSSR count). The van der Waals surface area contributed by atoms with Crippen molar-refractivity contribution in [3.8, 4) is 0 Å². The lowest BCUT2D eigenvalue weighted by atomic mass is 10.2. The first kappa shape index (κ1) is 21.9. The van der Waals surface area contributed by atoms with Crippen LogP contribution in [0.4, 0.5) is 5.13 Å². The first-order valence-corrected chi connectivity index (χ1v) is 12.2. The van der Waals surface area contributed by atoms with Crippen LogP contribution < -0.4 is 4.90 Å². The molecular formula is C23H23ClN4OS2. The topological polar surface area (TPSA) is 51.0 Å². The number of aryl methyl sites for hydroxylation is 3. The quantitative estimate of drug-likeness (QED) is 0.297. The fraction of sp³-hybridized carbons (Fsp3) is 0.261. The monoisotopic (exact) mass is 470 g/mol. The molecule has 0 fully saturated rings. The predicted molar refractivity (Wildman–Crippen MR) is 130 cm³/mol. The van der Waals surface area contributed by atoms with Gasteiger partial charge in [-0.15, -0.1) is 11.8 Å². The zero-order valence-electron chi connectivity index (χ0n) is 17.4. The highest BCUT2D eigenvalue weighted by Gasteiger charge is 2.21. The number of amides is 1. The Balaban J connectivity index is 1.54. The van der Waals surface area contributed by atoms with Gasteiger partial charge in [0.05, 0.1) is 27.3 Å². The molecule has 0 bridgehead atoms. The van der Waals surface area contributed by atoms with Gasteiger partial charge in [-0.25, -0.2) is 9.97 Å². The Kier molecular flexibility index (Phi) is 6.95. The molecule has 4 aromatic rings. The van der Waals surface area contributed by atoms with E-state index in [9.17, 15) is 4.79 Å². The van der Waals surface area contributed by atoms with Gasteiger partial charge in [0.1, 0.15) is 0 Å². The number of benzene rings is 2. The van der Waals surface area contributed by atoms with E-state index in [1.165, 1.54) is 16.9 Å². The second-order valence-corrected chi connectivity index (χ2v) is 9.77. The van der Waals surface area contributed by atoms with Crippen molar-refractivity contribution in [3.63, 3.8) is 0 Å². The van der Waals surface area contributed by atoms with Gasteiger partial charge in [-0.1, -0.05) is 46.7 Å². The van der Waals surface area contributed by atoms with Crippen molar-refractivity contribution in [1.82, 2.24) is 14.5 Å². The van der Waals surface area contributed by atoms with Crippen molar-refractivity contribution >= 4 is 56.0 Å². The molecule has 31 heavy (non-hydrogen) atoms. The molecular weight excluding hydrogens is 448 g/mol. The lowest BCUT2D eigenvalue weighted by Gasteiger charge is -2.20. The molecule has 160 valence electrons. The smallest absolute Gasteiger partial charge is 0.239 e. The number of thioether (sulfide) groups is 1. The Labute approximate surface area is 195 Å². The molecule has 2 aromatic carbocycles. The Hall–Kier alpha value is -2.35. The van der Waals surface area contributed by atoms with Crippen molar-refractivity contribution in [1.29, 1.82) is 0 Å². The number of hydrogen-bond donors (Lipinski definition) is 0. The van der Waals surface area contributed by atoms with Gasteiger partial charge < -0.3 is 4.57 Å². The van der Waals surface area contributed by atoms with Gasteiger partial charge in [0.25, 0.3) is 0 Å². The fourth-order valence-electron chi connectivity index (χ4n) is 3.22. The molecule has 0 aliphatic heterocycles. The SMILES string of the molecule is Cc1ccc(SCC(=O)N(CCCn2ccnc2)c2nc3c(C)ccc(Cl)c3s2)cc1. The van der Waals surface area contributed by atoms with Crippen LogP contribution in [-0.2, 0) is 11.3 Å². The normalized spacial score (nSPS) is 11.2. The van der Waals surface area contributed by atoms with Gasteiger partial charge in [-0.2, -0.15) is 0 Å². The Morgan fingerprint density at radius 2 is 2.00 bits per heavy atom. The fourth-order valence-corrected chi connectivity index (χ4v) is 5.36. The molecule has 8 heteroatoms. The minimum Gasteiger partial charge on any atom is -0.337 e. The van der Waals surface area contributed by atoms with E-state index in [1.807, 2.05) is 29.8 Å². The van der Waals surface area contributed by atoms with Crippen molar-refractivity contribution in [2.75, 3.05) is 17.2 Å². The van der Waals surface area contributed by atoms with Gasteiger partial charge in [-0.3, -0.25) is 9.69 Å². The van der Waals surface area contributed by atoms with Crippen molar-refractivity contribution in [2.24, 2.45) is 0 Å². The van der Waals surface area contributed by atoms with Crippen LogP contribution in [0, 0.1) is 13.8 Å². The average Bonchev–Trinajstić information content (AvgIpc) is 3.44. The Morgan fingerprint density at radius 3 is 2.71 bits per heavy atom. The van der Waals surface area contributed by atoms with Gasteiger partial charge in [0.15, 0.2) is 5.13 Å². The summed E-state index contributed by atoms with van der Waals surface area (Å²) in [6.07, 6.45) is 6.29. The first-order chi connectivity index (χ1) is 15.0. The van der Waals surface area contributed by atoms with Gasteiger partial charge >= 0.3 is 0 Å². The molecule has 0 saturated carbocycles. The molecule has 0 spiro atoms. The number of halogens is 1. The van der Waals surface area contributed by atoms with E-state index >= 15 is 0 Å². The second-order valence-electron chi connectivity index (χ2n) is 7.34.